The summed E-state index contributed by atoms with van der Waals surface area (Å²) < 4.78 is 10.8. The standard InChI is InChI=1S/C20H21NO4/c1-13-8-11-17(24-2)16(12-13)21-19(22)18(14-6-4-3-5-7-14)25-20(23)15-9-10-15/h3-8,11-12,15,18H,9-10H2,1-2H3,(H,21,22)/t18-/m0/s1. The SMILES string of the molecule is COc1ccc(C)cc1NC(=O)[C@@H](OC(=O)C1CC1)c1ccccc1. The monoisotopic (exact) mass is 339 g/mol. The van der Waals surface area contributed by atoms with Crippen LogP contribution in [0.25, 0.3) is 0 Å². The topological polar surface area (TPSA) is 64.6 Å². The van der Waals surface area contributed by atoms with Crippen LogP contribution < -0.4 is 10.1 Å². The van der Waals surface area contributed by atoms with E-state index in [1.165, 1.54) is 0 Å². The fourth-order valence-corrected chi connectivity index (χ4v) is 2.55. The Morgan fingerprint density at radius 3 is 2.48 bits per heavy atom. The second kappa shape index (κ2) is 7.38. The summed E-state index contributed by atoms with van der Waals surface area (Å²) in [6, 6.07) is 14.5. The van der Waals surface area contributed by atoms with E-state index in [0.717, 1.165) is 18.4 Å². The smallest absolute Gasteiger partial charge is 0.310 e. The zero-order valence-corrected chi connectivity index (χ0v) is 14.3. The van der Waals surface area contributed by atoms with Crippen LogP contribution in [0, 0.1) is 12.8 Å². The second-order valence-electron chi connectivity index (χ2n) is 6.19. The van der Waals surface area contributed by atoms with E-state index in [1.54, 1.807) is 25.3 Å². The lowest BCUT2D eigenvalue weighted by Gasteiger charge is -2.19. The maximum absolute atomic E-state index is 12.8. The summed E-state index contributed by atoms with van der Waals surface area (Å²) in [6.07, 6.45) is 0.668. The third kappa shape index (κ3) is 4.18. The van der Waals surface area contributed by atoms with Gasteiger partial charge in [-0.05, 0) is 37.5 Å². The fourth-order valence-electron chi connectivity index (χ4n) is 2.55. The first-order chi connectivity index (χ1) is 12.1. The molecule has 25 heavy (non-hydrogen) atoms. The lowest BCUT2D eigenvalue weighted by atomic mass is 10.1. The molecule has 5 heteroatoms. The van der Waals surface area contributed by atoms with Gasteiger partial charge in [0.25, 0.3) is 5.91 Å². The Bertz CT molecular complexity index is 769. The van der Waals surface area contributed by atoms with Gasteiger partial charge in [-0.25, -0.2) is 0 Å². The summed E-state index contributed by atoms with van der Waals surface area (Å²) in [7, 11) is 1.54. The summed E-state index contributed by atoms with van der Waals surface area (Å²) in [5, 5.41) is 2.82. The molecule has 130 valence electrons. The molecule has 0 saturated heterocycles. The first-order valence-electron chi connectivity index (χ1n) is 8.29. The van der Waals surface area contributed by atoms with Crippen molar-refractivity contribution in [1.29, 1.82) is 0 Å². The summed E-state index contributed by atoms with van der Waals surface area (Å²) >= 11 is 0. The molecule has 1 aliphatic carbocycles. The van der Waals surface area contributed by atoms with Gasteiger partial charge in [-0.1, -0.05) is 36.4 Å². The van der Waals surface area contributed by atoms with Crippen molar-refractivity contribution < 1.29 is 19.1 Å². The van der Waals surface area contributed by atoms with Crippen molar-refractivity contribution in [2.24, 2.45) is 5.92 Å². The van der Waals surface area contributed by atoms with Crippen LogP contribution in [0.5, 0.6) is 5.75 Å². The summed E-state index contributed by atoms with van der Waals surface area (Å²) in [4.78, 5) is 24.9. The van der Waals surface area contributed by atoms with Crippen molar-refractivity contribution in [2.45, 2.75) is 25.9 Å². The molecule has 0 unspecified atom stereocenters. The lowest BCUT2D eigenvalue weighted by molar-refractivity contribution is -0.156. The molecular weight excluding hydrogens is 318 g/mol. The van der Waals surface area contributed by atoms with Gasteiger partial charge in [-0.2, -0.15) is 0 Å². The molecule has 0 radical (unpaired) electrons. The van der Waals surface area contributed by atoms with Crippen LogP contribution in [0.1, 0.15) is 30.1 Å². The van der Waals surface area contributed by atoms with Crippen LogP contribution in [0.3, 0.4) is 0 Å². The minimum atomic E-state index is -0.987. The number of aryl methyl sites for hydroxylation is 1. The van der Waals surface area contributed by atoms with Crippen molar-refractivity contribution in [2.75, 3.05) is 12.4 Å². The van der Waals surface area contributed by atoms with Crippen molar-refractivity contribution in [3.05, 3.63) is 59.7 Å². The first-order valence-corrected chi connectivity index (χ1v) is 8.29. The van der Waals surface area contributed by atoms with Gasteiger partial charge in [0.05, 0.1) is 18.7 Å². The normalized spacial score (nSPS) is 14.5. The number of hydrogen-bond acceptors (Lipinski definition) is 4. The Balaban J connectivity index is 1.83. The molecular formula is C20H21NO4. The van der Waals surface area contributed by atoms with Gasteiger partial charge < -0.3 is 14.8 Å². The van der Waals surface area contributed by atoms with E-state index in [1.807, 2.05) is 37.3 Å². The van der Waals surface area contributed by atoms with E-state index >= 15 is 0 Å². The number of carbonyl (C=O) groups is 2. The molecule has 1 amide bonds. The summed E-state index contributed by atoms with van der Waals surface area (Å²) in [5.74, 6) is -0.240. The first kappa shape index (κ1) is 17.0. The summed E-state index contributed by atoms with van der Waals surface area (Å²) in [6.45, 7) is 1.93. The van der Waals surface area contributed by atoms with E-state index in [9.17, 15) is 9.59 Å². The number of ether oxygens (including phenoxy) is 2. The molecule has 1 saturated carbocycles. The van der Waals surface area contributed by atoms with E-state index in [2.05, 4.69) is 5.32 Å². The van der Waals surface area contributed by atoms with Crippen LogP contribution in [-0.2, 0) is 14.3 Å². The maximum Gasteiger partial charge on any atom is 0.310 e. The number of nitrogens with one attached hydrogen (secondary N) is 1. The van der Waals surface area contributed by atoms with Crippen molar-refractivity contribution in [1.82, 2.24) is 0 Å². The molecule has 5 nitrogen and oxygen atoms in total. The molecule has 0 heterocycles. The predicted molar refractivity (Wildman–Crippen MR) is 94.4 cm³/mol. The van der Waals surface area contributed by atoms with E-state index < -0.39 is 12.0 Å². The Morgan fingerprint density at radius 2 is 1.84 bits per heavy atom. The molecule has 0 aromatic heterocycles. The van der Waals surface area contributed by atoms with Crippen molar-refractivity contribution in [3.8, 4) is 5.75 Å². The molecule has 1 fully saturated rings. The molecule has 0 aliphatic heterocycles. The average Bonchev–Trinajstić information content (AvgIpc) is 3.45. The highest BCUT2D eigenvalue weighted by Gasteiger charge is 2.35. The number of esters is 1. The number of methoxy groups -OCH3 is 1. The lowest BCUT2D eigenvalue weighted by Crippen LogP contribution is -2.26. The van der Waals surface area contributed by atoms with Gasteiger partial charge >= 0.3 is 5.97 Å². The molecule has 2 aromatic carbocycles. The number of rotatable bonds is 6. The van der Waals surface area contributed by atoms with Crippen molar-refractivity contribution in [3.63, 3.8) is 0 Å². The van der Waals surface area contributed by atoms with Crippen LogP contribution in [0.15, 0.2) is 48.5 Å². The average molecular weight is 339 g/mol. The van der Waals surface area contributed by atoms with Crippen LogP contribution in [-0.4, -0.2) is 19.0 Å². The molecule has 1 atom stereocenters. The van der Waals surface area contributed by atoms with E-state index in [4.69, 9.17) is 9.47 Å². The Labute approximate surface area is 147 Å². The number of anilines is 1. The third-order valence-corrected chi connectivity index (χ3v) is 4.10. The van der Waals surface area contributed by atoms with Gasteiger partial charge in [0.15, 0.2) is 0 Å². The minimum Gasteiger partial charge on any atom is -0.495 e. The van der Waals surface area contributed by atoms with Crippen LogP contribution in [0.4, 0.5) is 5.69 Å². The number of carbonyl (C=O) groups excluding carboxylic acids is 2. The van der Waals surface area contributed by atoms with E-state index in [0.29, 0.717) is 17.0 Å². The molecule has 3 rings (SSSR count). The maximum atomic E-state index is 12.8. The largest absolute Gasteiger partial charge is 0.495 e. The highest BCUT2D eigenvalue weighted by molar-refractivity contribution is 5.97. The van der Waals surface area contributed by atoms with Crippen LogP contribution >= 0.6 is 0 Å². The highest BCUT2D eigenvalue weighted by atomic mass is 16.5. The molecule has 1 aliphatic rings. The van der Waals surface area contributed by atoms with Gasteiger partial charge in [0.2, 0.25) is 6.10 Å². The quantitative estimate of drug-likeness (QED) is 0.816. The third-order valence-electron chi connectivity index (χ3n) is 4.10. The zero-order valence-electron chi connectivity index (χ0n) is 14.3. The molecule has 0 spiro atoms. The molecule has 0 bridgehead atoms. The number of amides is 1. The van der Waals surface area contributed by atoms with Gasteiger partial charge in [0.1, 0.15) is 5.75 Å². The highest BCUT2D eigenvalue weighted by Crippen LogP contribution is 2.33. The Hall–Kier alpha value is -2.82. The Morgan fingerprint density at radius 1 is 1.12 bits per heavy atom. The summed E-state index contributed by atoms with van der Waals surface area (Å²) in [5.41, 5.74) is 2.18. The second-order valence-corrected chi connectivity index (χ2v) is 6.19. The number of benzene rings is 2. The van der Waals surface area contributed by atoms with Gasteiger partial charge in [-0.15, -0.1) is 0 Å². The van der Waals surface area contributed by atoms with Crippen LogP contribution in [0.2, 0.25) is 0 Å². The van der Waals surface area contributed by atoms with Crippen molar-refractivity contribution >= 4 is 17.6 Å². The fraction of sp³-hybridized carbons (Fsp3) is 0.300. The Kier molecular flexibility index (Phi) is 5.03. The van der Waals surface area contributed by atoms with Gasteiger partial charge in [-0.3, -0.25) is 9.59 Å². The number of hydrogen-bond donors (Lipinski definition) is 1. The molecule has 1 N–H and O–H groups in total. The van der Waals surface area contributed by atoms with E-state index in [-0.39, 0.29) is 11.9 Å². The van der Waals surface area contributed by atoms with Gasteiger partial charge in [0, 0.05) is 5.56 Å². The zero-order chi connectivity index (χ0) is 17.8. The molecule has 2 aromatic rings. The predicted octanol–water partition coefficient (Wildman–Crippen LogP) is 3.64. The minimum absolute atomic E-state index is 0.0764.